The molecular weight excluding hydrogens is 453 g/mol. The van der Waals surface area contributed by atoms with Gasteiger partial charge < -0.3 is 5.32 Å². The van der Waals surface area contributed by atoms with Crippen molar-refractivity contribution in [1.82, 2.24) is 15.0 Å². The van der Waals surface area contributed by atoms with Crippen molar-refractivity contribution in [2.75, 3.05) is 0 Å². The molecule has 1 saturated carbocycles. The van der Waals surface area contributed by atoms with Crippen molar-refractivity contribution in [1.29, 1.82) is 0 Å². The van der Waals surface area contributed by atoms with E-state index in [1.807, 2.05) is 19.1 Å². The van der Waals surface area contributed by atoms with Crippen molar-refractivity contribution in [3.63, 3.8) is 0 Å². The number of pyridine rings is 1. The zero-order valence-electron chi connectivity index (χ0n) is 18.9. The topological polar surface area (TPSA) is 88.2 Å². The lowest BCUT2D eigenvalue weighted by atomic mass is 9.85. The first kappa shape index (κ1) is 24.0. The molecule has 1 amide bonds. The number of rotatable bonds is 7. The van der Waals surface area contributed by atoms with E-state index in [0.29, 0.717) is 25.7 Å². The first-order valence-corrected chi connectivity index (χ1v) is 12.9. The quantitative estimate of drug-likeness (QED) is 0.516. The van der Waals surface area contributed by atoms with Crippen molar-refractivity contribution in [2.45, 2.75) is 49.6 Å². The molecule has 0 saturated heterocycles. The lowest BCUT2D eigenvalue weighted by Crippen LogP contribution is -2.41. The molecule has 1 aliphatic carbocycles. The van der Waals surface area contributed by atoms with Crippen LogP contribution in [-0.2, 0) is 14.8 Å². The minimum absolute atomic E-state index is 0.0511. The van der Waals surface area contributed by atoms with Gasteiger partial charge in [-0.2, -0.15) is 0 Å². The number of amides is 1. The first-order chi connectivity index (χ1) is 16.3. The lowest BCUT2D eigenvalue weighted by Gasteiger charge is -2.29. The van der Waals surface area contributed by atoms with E-state index in [4.69, 9.17) is 0 Å². The van der Waals surface area contributed by atoms with Crippen LogP contribution in [0.2, 0.25) is 0 Å². The number of nitrogens with zero attached hydrogens (tertiary/aromatic N) is 1. The summed E-state index contributed by atoms with van der Waals surface area (Å²) in [4.78, 5) is 16.9. The molecule has 1 fully saturated rings. The highest BCUT2D eigenvalue weighted by molar-refractivity contribution is 7.89. The molecule has 3 aromatic rings. The Morgan fingerprint density at radius 1 is 0.912 bits per heavy atom. The number of benzene rings is 2. The summed E-state index contributed by atoms with van der Waals surface area (Å²) in [6.07, 6.45) is 5.80. The summed E-state index contributed by atoms with van der Waals surface area (Å²) in [5, 5.41) is 2.99. The number of hydrogen-bond donors (Lipinski definition) is 2. The Morgan fingerprint density at radius 2 is 1.50 bits per heavy atom. The third-order valence-electron chi connectivity index (χ3n) is 6.33. The van der Waals surface area contributed by atoms with Crippen LogP contribution in [-0.4, -0.2) is 25.4 Å². The maximum atomic E-state index is 13.1. The number of hydrogen-bond acceptors (Lipinski definition) is 4. The van der Waals surface area contributed by atoms with Gasteiger partial charge in [-0.3, -0.25) is 9.78 Å². The minimum Gasteiger partial charge on any atom is -0.349 e. The average Bonchev–Trinajstić information content (AvgIpc) is 2.85. The summed E-state index contributed by atoms with van der Waals surface area (Å²) in [5.41, 5.74) is 2.73. The second-order valence-corrected chi connectivity index (χ2v) is 10.4. The van der Waals surface area contributed by atoms with Gasteiger partial charge in [-0.05, 0) is 85.7 Å². The van der Waals surface area contributed by atoms with E-state index in [9.17, 15) is 17.6 Å². The predicted octanol–water partition coefficient (Wildman–Crippen LogP) is 4.60. The van der Waals surface area contributed by atoms with Gasteiger partial charge in [0.2, 0.25) is 15.9 Å². The van der Waals surface area contributed by atoms with Crippen LogP contribution in [0.5, 0.6) is 0 Å². The van der Waals surface area contributed by atoms with Crippen LogP contribution in [0.25, 0.3) is 11.1 Å². The standard InChI is InChI=1S/C26H28FN3O3S/c1-18(19-2-8-23(27)9-3-19)29-26(31)22-4-10-24(11-5-22)30-34(32,33)25-12-6-20(7-13-25)21-14-16-28-17-15-21/h2-3,6-9,12-18,22,24,30H,4-5,10-11H2,1H3,(H,29,31)/t18-,22?,24?/m1/s1. The average molecular weight is 482 g/mol. The fraction of sp³-hybridized carbons (Fsp3) is 0.308. The largest absolute Gasteiger partial charge is 0.349 e. The van der Waals surface area contributed by atoms with Crippen molar-refractivity contribution >= 4 is 15.9 Å². The number of carbonyl (C=O) groups excluding carboxylic acids is 1. The van der Waals surface area contributed by atoms with Crippen molar-refractivity contribution in [2.24, 2.45) is 5.92 Å². The highest BCUT2D eigenvalue weighted by Crippen LogP contribution is 2.27. The summed E-state index contributed by atoms with van der Waals surface area (Å²) >= 11 is 0. The van der Waals surface area contributed by atoms with Gasteiger partial charge in [0, 0.05) is 24.4 Å². The maximum Gasteiger partial charge on any atom is 0.240 e. The molecule has 1 aliphatic rings. The molecule has 2 aromatic carbocycles. The molecule has 8 heteroatoms. The second kappa shape index (κ2) is 10.4. The number of nitrogens with one attached hydrogen (secondary N) is 2. The van der Waals surface area contributed by atoms with Crippen molar-refractivity contribution in [3.8, 4) is 11.1 Å². The number of carbonyl (C=O) groups is 1. The first-order valence-electron chi connectivity index (χ1n) is 11.4. The number of halogens is 1. The highest BCUT2D eigenvalue weighted by atomic mass is 32.2. The zero-order chi connectivity index (χ0) is 24.1. The smallest absolute Gasteiger partial charge is 0.240 e. The highest BCUT2D eigenvalue weighted by Gasteiger charge is 2.29. The minimum atomic E-state index is -3.65. The van der Waals surface area contributed by atoms with Gasteiger partial charge >= 0.3 is 0 Å². The fourth-order valence-corrected chi connectivity index (χ4v) is 5.60. The molecule has 0 bridgehead atoms. The predicted molar refractivity (Wildman–Crippen MR) is 129 cm³/mol. The maximum absolute atomic E-state index is 13.1. The molecule has 4 rings (SSSR count). The van der Waals surface area contributed by atoms with Gasteiger partial charge in [-0.15, -0.1) is 0 Å². The van der Waals surface area contributed by atoms with Gasteiger partial charge in [0.25, 0.3) is 0 Å². The molecule has 178 valence electrons. The van der Waals surface area contributed by atoms with Gasteiger partial charge in [-0.1, -0.05) is 24.3 Å². The molecule has 1 atom stereocenters. The van der Waals surface area contributed by atoms with E-state index in [1.54, 1.807) is 48.8 Å². The van der Waals surface area contributed by atoms with Crippen LogP contribution in [0.1, 0.15) is 44.2 Å². The van der Waals surface area contributed by atoms with Crippen LogP contribution >= 0.6 is 0 Å². The van der Waals surface area contributed by atoms with E-state index in [0.717, 1.165) is 16.7 Å². The number of aromatic nitrogens is 1. The molecule has 6 nitrogen and oxygen atoms in total. The Balaban J connectivity index is 1.30. The van der Waals surface area contributed by atoms with Crippen molar-refractivity contribution < 1.29 is 17.6 Å². The van der Waals surface area contributed by atoms with Crippen LogP contribution < -0.4 is 10.0 Å². The molecule has 0 unspecified atom stereocenters. The summed E-state index contributed by atoms with van der Waals surface area (Å²) in [5.74, 6) is -0.527. The van der Waals surface area contributed by atoms with Gasteiger partial charge in [-0.25, -0.2) is 17.5 Å². The third-order valence-corrected chi connectivity index (χ3v) is 7.86. The van der Waals surface area contributed by atoms with E-state index < -0.39 is 10.0 Å². The Labute approximate surface area is 199 Å². The Hall–Kier alpha value is -3.10. The SMILES string of the molecule is C[C@@H](NC(=O)C1CCC(NS(=O)(=O)c2ccc(-c3ccncc3)cc2)CC1)c1ccc(F)cc1. The zero-order valence-corrected chi connectivity index (χ0v) is 19.8. The lowest BCUT2D eigenvalue weighted by molar-refractivity contribution is -0.126. The molecule has 1 aromatic heterocycles. The molecule has 34 heavy (non-hydrogen) atoms. The van der Waals surface area contributed by atoms with Gasteiger partial charge in [0.1, 0.15) is 5.82 Å². The number of sulfonamides is 1. The van der Waals surface area contributed by atoms with Crippen molar-refractivity contribution in [3.05, 3.63) is 84.4 Å². The Kier molecular flexibility index (Phi) is 7.38. The Morgan fingerprint density at radius 3 is 2.12 bits per heavy atom. The molecule has 0 aliphatic heterocycles. The molecular formula is C26H28FN3O3S. The molecule has 1 heterocycles. The summed E-state index contributed by atoms with van der Waals surface area (Å²) in [6, 6.07) is 16.2. The van der Waals surface area contributed by atoms with Crippen LogP contribution in [0.4, 0.5) is 4.39 Å². The van der Waals surface area contributed by atoms with Gasteiger partial charge in [0.15, 0.2) is 0 Å². The molecule has 0 spiro atoms. The Bertz CT molecular complexity index is 1210. The fourth-order valence-electron chi connectivity index (χ4n) is 4.30. The van der Waals surface area contributed by atoms with Crippen LogP contribution in [0.3, 0.4) is 0 Å². The third kappa shape index (κ3) is 5.87. The second-order valence-electron chi connectivity index (χ2n) is 8.71. The monoisotopic (exact) mass is 481 g/mol. The van der Waals surface area contributed by atoms with E-state index in [1.165, 1.54) is 12.1 Å². The van der Waals surface area contributed by atoms with E-state index >= 15 is 0 Å². The van der Waals surface area contributed by atoms with Crippen LogP contribution in [0.15, 0.2) is 78.0 Å². The summed E-state index contributed by atoms with van der Waals surface area (Å²) in [7, 11) is -3.65. The molecule has 0 radical (unpaired) electrons. The van der Waals surface area contributed by atoms with Crippen LogP contribution in [0, 0.1) is 11.7 Å². The van der Waals surface area contributed by atoms with E-state index in [2.05, 4.69) is 15.0 Å². The molecule has 2 N–H and O–H groups in total. The van der Waals surface area contributed by atoms with Gasteiger partial charge in [0.05, 0.1) is 10.9 Å². The summed E-state index contributed by atoms with van der Waals surface area (Å²) < 4.78 is 41.6. The van der Waals surface area contributed by atoms with E-state index in [-0.39, 0.29) is 34.6 Å². The normalized spacial score (nSPS) is 19.4. The summed E-state index contributed by atoms with van der Waals surface area (Å²) in [6.45, 7) is 1.87.